The second-order valence-corrected chi connectivity index (χ2v) is 6.60. The standard InChI is InChI=1S/C13H17FN2O3S/c1-3-11-13(17)15-6-7-16(11)20(18,19)12-5-4-10(14)8-9(12)2/h4-5,8,11H,3,6-7H2,1-2H3,(H,15,17). The van der Waals surface area contributed by atoms with Crippen molar-refractivity contribution in [3.63, 3.8) is 0 Å². The molecule has 0 aliphatic carbocycles. The van der Waals surface area contributed by atoms with Crippen LogP contribution in [-0.2, 0) is 14.8 Å². The Morgan fingerprint density at radius 3 is 2.75 bits per heavy atom. The molecule has 110 valence electrons. The van der Waals surface area contributed by atoms with Gasteiger partial charge in [-0.25, -0.2) is 12.8 Å². The van der Waals surface area contributed by atoms with Crippen LogP contribution in [0.5, 0.6) is 0 Å². The predicted octanol–water partition coefficient (Wildman–Crippen LogP) is 1.03. The van der Waals surface area contributed by atoms with Gasteiger partial charge in [-0.05, 0) is 37.1 Å². The molecule has 20 heavy (non-hydrogen) atoms. The highest BCUT2D eigenvalue weighted by Crippen LogP contribution is 2.24. The molecular formula is C13H17FN2O3S. The summed E-state index contributed by atoms with van der Waals surface area (Å²) < 4.78 is 39.6. The van der Waals surface area contributed by atoms with E-state index in [4.69, 9.17) is 0 Å². The molecular weight excluding hydrogens is 283 g/mol. The molecule has 1 heterocycles. The normalized spacial score (nSPS) is 20.8. The molecule has 5 nitrogen and oxygen atoms in total. The number of carbonyl (C=O) groups excluding carboxylic acids is 1. The van der Waals surface area contributed by atoms with E-state index in [9.17, 15) is 17.6 Å². The van der Waals surface area contributed by atoms with Crippen LogP contribution in [0.2, 0.25) is 0 Å². The third kappa shape index (κ3) is 2.55. The van der Waals surface area contributed by atoms with Crippen LogP contribution in [0.1, 0.15) is 18.9 Å². The summed E-state index contributed by atoms with van der Waals surface area (Å²) in [5.74, 6) is -0.771. The maximum Gasteiger partial charge on any atom is 0.244 e. The molecule has 1 N–H and O–H groups in total. The molecule has 1 aromatic carbocycles. The number of nitrogens with one attached hydrogen (secondary N) is 1. The van der Waals surface area contributed by atoms with Gasteiger partial charge in [0.25, 0.3) is 0 Å². The molecule has 1 amide bonds. The second-order valence-electron chi connectivity index (χ2n) is 4.74. The van der Waals surface area contributed by atoms with Crippen LogP contribution in [-0.4, -0.2) is 37.8 Å². The number of piperazine rings is 1. The van der Waals surface area contributed by atoms with Gasteiger partial charge in [-0.2, -0.15) is 4.31 Å². The Hall–Kier alpha value is -1.47. The first-order chi connectivity index (χ1) is 9.37. The fraction of sp³-hybridized carbons (Fsp3) is 0.462. The highest BCUT2D eigenvalue weighted by molar-refractivity contribution is 7.89. The summed E-state index contributed by atoms with van der Waals surface area (Å²) in [5, 5.41) is 2.66. The molecule has 1 saturated heterocycles. The second kappa shape index (κ2) is 5.49. The maximum atomic E-state index is 13.1. The number of carbonyl (C=O) groups is 1. The number of halogens is 1. The van der Waals surface area contributed by atoms with Gasteiger partial charge in [0.1, 0.15) is 11.9 Å². The van der Waals surface area contributed by atoms with Crippen LogP contribution in [0, 0.1) is 12.7 Å². The van der Waals surface area contributed by atoms with Crippen molar-refractivity contribution in [3.8, 4) is 0 Å². The maximum absolute atomic E-state index is 13.1. The molecule has 0 radical (unpaired) electrons. The first kappa shape index (κ1) is 14.9. The largest absolute Gasteiger partial charge is 0.353 e. The van der Waals surface area contributed by atoms with E-state index >= 15 is 0 Å². The number of hydrogen-bond donors (Lipinski definition) is 1. The number of benzene rings is 1. The summed E-state index contributed by atoms with van der Waals surface area (Å²) in [6, 6.07) is 2.83. The first-order valence-corrected chi connectivity index (χ1v) is 7.87. The highest BCUT2D eigenvalue weighted by atomic mass is 32.2. The lowest BCUT2D eigenvalue weighted by Gasteiger charge is -2.33. The van der Waals surface area contributed by atoms with Gasteiger partial charge in [-0.15, -0.1) is 0 Å². The average Bonchev–Trinajstić information content (AvgIpc) is 2.37. The highest BCUT2D eigenvalue weighted by Gasteiger charge is 2.37. The molecule has 7 heteroatoms. The van der Waals surface area contributed by atoms with Crippen LogP contribution >= 0.6 is 0 Å². The topological polar surface area (TPSA) is 66.5 Å². The quantitative estimate of drug-likeness (QED) is 0.907. The van der Waals surface area contributed by atoms with Crippen molar-refractivity contribution in [3.05, 3.63) is 29.6 Å². The van der Waals surface area contributed by atoms with Gasteiger partial charge in [0, 0.05) is 13.1 Å². The van der Waals surface area contributed by atoms with Crippen molar-refractivity contribution < 1.29 is 17.6 Å². The Bertz CT molecular complexity index is 631. The molecule has 0 bridgehead atoms. The molecule has 1 aromatic rings. The van der Waals surface area contributed by atoms with Crippen LogP contribution in [0.3, 0.4) is 0 Å². The van der Waals surface area contributed by atoms with E-state index in [2.05, 4.69) is 5.32 Å². The molecule has 1 fully saturated rings. The van der Waals surface area contributed by atoms with Crippen molar-refractivity contribution in [2.75, 3.05) is 13.1 Å². The number of nitrogens with zero attached hydrogens (tertiary/aromatic N) is 1. The predicted molar refractivity (Wildman–Crippen MR) is 72.1 cm³/mol. The van der Waals surface area contributed by atoms with Gasteiger partial charge in [0.2, 0.25) is 15.9 Å². The minimum Gasteiger partial charge on any atom is -0.353 e. The lowest BCUT2D eigenvalue weighted by atomic mass is 10.2. The van der Waals surface area contributed by atoms with E-state index < -0.39 is 21.9 Å². The summed E-state index contributed by atoms with van der Waals surface area (Å²) in [6.07, 6.45) is 0.394. The van der Waals surface area contributed by atoms with Crippen LogP contribution in [0.4, 0.5) is 4.39 Å². The minimum atomic E-state index is -3.80. The van der Waals surface area contributed by atoms with Crippen molar-refractivity contribution in [1.29, 1.82) is 0 Å². The van der Waals surface area contributed by atoms with Crippen molar-refractivity contribution in [2.45, 2.75) is 31.2 Å². The minimum absolute atomic E-state index is 0.0482. The SMILES string of the molecule is CCC1C(=O)NCCN1S(=O)(=O)c1ccc(F)cc1C. The average molecular weight is 300 g/mol. The van der Waals surface area contributed by atoms with Crippen LogP contribution < -0.4 is 5.32 Å². The number of aryl methyl sites for hydroxylation is 1. The Balaban J connectivity index is 2.45. The molecule has 1 unspecified atom stereocenters. The van der Waals surface area contributed by atoms with E-state index in [1.54, 1.807) is 13.8 Å². The summed E-state index contributed by atoms with van der Waals surface area (Å²) in [5.41, 5.74) is 0.339. The number of hydrogen-bond acceptors (Lipinski definition) is 3. The molecule has 0 saturated carbocycles. The summed E-state index contributed by atoms with van der Waals surface area (Å²) in [4.78, 5) is 11.8. The van der Waals surface area contributed by atoms with Crippen LogP contribution in [0.25, 0.3) is 0 Å². The Morgan fingerprint density at radius 1 is 1.45 bits per heavy atom. The van der Waals surface area contributed by atoms with Gasteiger partial charge in [0.15, 0.2) is 0 Å². The van der Waals surface area contributed by atoms with Gasteiger partial charge in [0.05, 0.1) is 4.90 Å². The molecule has 1 atom stereocenters. The summed E-state index contributed by atoms with van der Waals surface area (Å²) in [6.45, 7) is 3.81. The van der Waals surface area contributed by atoms with Crippen molar-refractivity contribution in [1.82, 2.24) is 9.62 Å². The lowest BCUT2D eigenvalue weighted by molar-refractivity contribution is -0.126. The van der Waals surface area contributed by atoms with E-state index in [-0.39, 0.29) is 23.9 Å². The number of rotatable bonds is 3. The monoisotopic (exact) mass is 300 g/mol. The zero-order valence-corrected chi connectivity index (χ0v) is 12.2. The Morgan fingerprint density at radius 2 is 2.15 bits per heavy atom. The van der Waals surface area contributed by atoms with E-state index in [1.807, 2.05) is 0 Å². The van der Waals surface area contributed by atoms with Gasteiger partial charge < -0.3 is 5.32 Å². The van der Waals surface area contributed by atoms with E-state index in [1.165, 1.54) is 16.4 Å². The fourth-order valence-electron chi connectivity index (χ4n) is 2.40. The third-order valence-electron chi connectivity index (χ3n) is 3.39. The van der Waals surface area contributed by atoms with Crippen LogP contribution in [0.15, 0.2) is 23.1 Å². The third-order valence-corrected chi connectivity index (χ3v) is 5.46. The first-order valence-electron chi connectivity index (χ1n) is 6.43. The fourth-order valence-corrected chi connectivity index (χ4v) is 4.27. The van der Waals surface area contributed by atoms with Crippen molar-refractivity contribution in [2.24, 2.45) is 0 Å². The zero-order chi connectivity index (χ0) is 14.9. The Kier molecular flexibility index (Phi) is 4.10. The van der Waals surface area contributed by atoms with Gasteiger partial charge in [-0.1, -0.05) is 6.92 Å². The van der Waals surface area contributed by atoms with Gasteiger partial charge >= 0.3 is 0 Å². The van der Waals surface area contributed by atoms with Gasteiger partial charge in [-0.3, -0.25) is 4.79 Å². The number of sulfonamides is 1. The molecule has 0 aromatic heterocycles. The molecule has 0 spiro atoms. The van der Waals surface area contributed by atoms with E-state index in [0.29, 0.717) is 12.0 Å². The molecule has 2 rings (SSSR count). The molecule has 1 aliphatic rings. The van der Waals surface area contributed by atoms with Crippen molar-refractivity contribution >= 4 is 15.9 Å². The zero-order valence-electron chi connectivity index (χ0n) is 11.4. The summed E-state index contributed by atoms with van der Waals surface area (Å²) >= 11 is 0. The summed E-state index contributed by atoms with van der Waals surface area (Å²) in [7, 11) is -3.80. The smallest absolute Gasteiger partial charge is 0.244 e. The molecule has 1 aliphatic heterocycles. The number of amides is 1. The van der Waals surface area contributed by atoms with E-state index in [0.717, 1.165) is 6.07 Å². The lowest BCUT2D eigenvalue weighted by Crippen LogP contribution is -2.56. The Labute approximate surface area is 117 Å².